The Bertz CT molecular complexity index is 1020. The summed E-state index contributed by atoms with van der Waals surface area (Å²) >= 11 is 7.30. The first-order valence-electron chi connectivity index (χ1n) is 9.03. The van der Waals surface area contributed by atoms with Gasteiger partial charge in [-0.15, -0.1) is 16.8 Å². The van der Waals surface area contributed by atoms with Crippen LogP contribution < -0.4 is 4.74 Å². The van der Waals surface area contributed by atoms with Crippen LogP contribution in [0.15, 0.2) is 66.3 Å². The summed E-state index contributed by atoms with van der Waals surface area (Å²) in [6, 6.07) is 12.3. The zero-order chi connectivity index (χ0) is 21.7. The summed E-state index contributed by atoms with van der Waals surface area (Å²) in [5.74, 6) is 1.51. The van der Waals surface area contributed by atoms with Gasteiger partial charge in [0.15, 0.2) is 17.1 Å². The molecule has 30 heavy (non-hydrogen) atoms. The Balaban J connectivity index is 1.76. The van der Waals surface area contributed by atoms with Gasteiger partial charge in [0, 0.05) is 17.3 Å². The molecule has 9 heteroatoms. The van der Waals surface area contributed by atoms with E-state index in [0.717, 1.165) is 12.1 Å². The van der Waals surface area contributed by atoms with Gasteiger partial charge in [-0.05, 0) is 36.8 Å². The molecule has 0 saturated carbocycles. The molecule has 0 amide bonds. The lowest BCUT2D eigenvalue weighted by Gasteiger charge is -2.16. The van der Waals surface area contributed by atoms with Gasteiger partial charge in [-0.25, -0.2) is 0 Å². The Morgan fingerprint density at radius 2 is 1.97 bits per heavy atom. The number of ether oxygens (including phenoxy) is 1. The van der Waals surface area contributed by atoms with Crippen molar-refractivity contribution < 1.29 is 17.9 Å². The molecule has 0 N–H and O–H groups in total. The highest BCUT2D eigenvalue weighted by Gasteiger charge is 2.30. The minimum atomic E-state index is -4.37. The largest absolute Gasteiger partial charge is 0.483 e. The lowest BCUT2D eigenvalue weighted by Crippen LogP contribution is -2.12. The van der Waals surface area contributed by atoms with Crippen molar-refractivity contribution in [2.24, 2.45) is 0 Å². The summed E-state index contributed by atoms with van der Waals surface area (Å²) < 4.78 is 46.5. The van der Waals surface area contributed by atoms with E-state index >= 15 is 0 Å². The average Bonchev–Trinajstić information content (AvgIpc) is 3.09. The van der Waals surface area contributed by atoms with Crippen molar-refractivity contribution in [2.75, 3.05) is 0 Å². The van der Waals surface area contributed by atoms with Crippen molar-refractivity contribution in [3.63, 3.8) is 0 Å². The van der Waals surface area contributed by atoms with Gasteiger partial charge in [0.25, 0.3) is 0 Å². The maximum absolute atomic E-state index is 12.9. The Hall–Kier alpha value is -2.45. The summed E-state index contributed by atoms with van der Waals surface area (Å²) in [6.07, 6.45) is -3.09. The van der Waals surface area contributed by atoms with Crippen LogP contribution in [0, 0.1) is 0 Å². The molecule has 0 bridgehead atoms. The first-order valence-corrected chi connectivity index (χ1v) is 10.4. The van der Waals surface area contributed by atoms with Gasteiger partial charge in [0.1, 0.15) is 5.75 Å². The van der Waals surface area contributed by atoms with E-state index in [-0.39, 0.29) is 0 Å². The molecular formula is C21H19ClF3N3OS. The van der Waals surface area contributed by atoms with E-state index in [0.29, 0.717) is 39.6 Å². The van der Waals surface area contributed by atoms with Gasteiger partial charge in [-0.3, -0.25) is 4.57 Å². The van der Waals surface area contributed by atoms with Crippen LogP contribution in [0.4, 0.5) is 13.2 Å². The highest BCUT2D eigenvalue weighted by molar-refractivity contribution is 7.98. The Kier molecular flexibility index (Phi) is 7.10. The Morgan fingerprint density at radius 3 is 2.67 bits per heavy atom. The minimum Gasteiger partial charge on any atom is -0.483 e. The highest BCUT2D eigenvalue weighted by Crippen LogP contribution is 2.32. The van der Waals surface area contributed by atoms with E-state index in [2.05, 4.69) is 16.8 Å². The third kappa shape index (κ3) is 5.58. The molecule has 3 rings (SSSR count). The van der Waals surface area contributed by atoms with Crippen LogP contribution in [0.5, 0.6) is 5.75 Å². The number of hydrogen-bond donors (Lipinski definition) is 0. The molecular weight excluding hydrogens is 435 g/mol. The smallest absolute Gasteiger partial charge is 0.416 e. The third-order valence-corrected chi connectivity index (χ3v) is 5.42. The first kappa shape index (κ1) is 22.2. The van der Waals surface area contributed by atoms with E-state index in [1.165, 1.54) is 17.8 Å². The topological polar surface area (TPSA) is 39.9 Å². The summed E-state index contributed by atoms with van der Waals surface area (Å²) in [4.78, 5) is 0. The number of nitrogens with zero attached hydrogens (tertiary/aromatic N) is 3. The molecule has 1 atom stereocenters. The molecule has 158 valence electrons. The first-order chi connectivity index (χ1) is 14.3. The fourth-order valence-electron chi connectivity index (χ4n) is 2.79. The lowest BCUT2D eigenvalue weighted by atomic mass is 10.1. The van der Waals surface area contributed by atoms with Crippen LogP contribution in [0.2, 0.25) is 5.02 Å². The minimum absolute atomic E-state index is 0.322. The van der Waals surface area contributed by atoms with Crippen molar-refractivity contribution in [1.29, 1.82) is 0 Å². The molecule has 0 aliphatic rings. The Morgan fingerprint density at radius 1 is 1.20 bits per heavy atom. The maximum Gasteiger partial charge on any atom is 0.416 e. The molecule has 0 fully saturated rings. The number of rotatable bonds is 8. The molecule has 0 aliphatic carbocycles. The third-order valence-electron chi connectivity index (χ3n) is 4.15. The lowest BCUT2D eigenvalue weighted by molar-refractivity contribution is -0.137. The van der Waals surface area contributed by atoms with Crippen LogP contribution in [0.25, 0.3) is 0 Å². The van der Waals surface area contributed by atoms with Crippen LogP contribution in [-0.4, -0.2) is 14.8 Å². The van der Waals surface area contributed by atoms with Crippen LogP contribution >= 0.6 is 23.4 Å². The number of hydrogen-bond acceptors (Lipinski definition) is 4. The van der Waals surface area contributed by atoms with Gasteiger partial charge in [0.05, 0.1) is 5.56 Å². The Labute approximate surface area is 181 Å². The molecule has 1 aromatic heterocycles. The highest BCUT2D eigenvalue weighted by atomic mass is 35.5. The second kappa shape index (κ2) is 9.57. The SMILES string of the molecule is C=CCn1c(SCc2cccc(C(F)(F)F)c2)nnc1C(C)Oc1cccc(Cl)c1. The van der Waals surface area contributed by atoms with Crippen LogP contribution in [-0.2, 0) is 18.5 Å². The number of allylic oxidation sites excluding steroid dienone is 1. The van der Waals surface area contributed by atoms with Crippen molar-refractivity contribution in [1.82, 2.24) is 14.8 Å². The molecule has 2 aromatic carbocycles. The zero-order valence-corrected chi connectivity index (χ0v) is 17.6. The number of alkyl halides is 3. The molecule has 1 heterocycles. The standard InChI is InChI=1S/C21H19ClF3N3OS/c1-3-10-28-19(14(2)29-18-9-5-8-17(22)12-18)26-27-20(28)30-13-15-6-4-7-16(11-15)21(23,24)25/h3-9,11-12,14H,1,10,13H2,2H3. The molecule has 0 saturated heterocycles. The monoisotopic (exact) mass is 453 g/mol. The van der Waals surface area contributed by atoms with E-state index in [4.69, 9.17) is 16.3 Å². The van der Waals surface area contributed by atoms with E-state index in [1.807, 2.05) is 11.5 Å². The summed E-state index contributed by atoms with van der Waals surface area (Å²) in [5.41, 5.74) is -0.120. The van der Waals surface area contributed by atoms with E-state index < -0.39 is 17.8 Å². The molecule has 4 nitrogen and oxygen atoms in total. The van der Waals surface area contributed by atoms with Crippen molar-refractivity contribution in [3.05, 3.63) is 83.2 Å². The van der Waals surface area contributed by atoms with Crippen molar-refractivity contribution >= 4 is 23.4 Å². The second-order valence-corrected chi connectivity index (χ2v) is 7.82. The van der Waals surface area contributed by atoms with Crippen molar-refractivity contribution in [3.8, 4) is 5.75 Å². The van der Waals surface area contributed by atoms with Gasteiger partial charge in [-0.1, -0.05) is 53.7 Å². The van der Waals surface area contributed by atoms with Gasteiger partial charge >= 0.3 is 6.18 Å². The molecule has 0 aliphatic heterocycles. The van der Waals surface area contributed by atoms with Gasteiger partial charge in [0.2, 0.25) is 0 Å². The number of halogens is 4. The summed E-state index contributed by atoms with van der Waals surface area (Å²) in [5, 5.41) is 9.56. The van der Waals surface area contributed by atoms with E-state index in [1.54, 1.807) is 36.4 Å². The van der Waals surface area contributed by atoms with Gasteiger partial charge in [-0.2, -0.15) is 13.2 Å². The molecule has 3 aromatic rings. The quantitative estimate of drug-likeness (QED) is 0.286. The normalized spacial score (nSPS) is 12.6. The van der Waals surface area contributed by atoms with Crippen molar-refractivity contribution in [2.45, 2.75) is 36.7 Å². The number of aromatic nitrogens is 3. The predicted octanol–water partition coefficient (Wildman–Crippen LogP) is 6.57. The van der Waals surface area contributed by atoms with Gasteiger partial charge < -0.3 is 4.74 Å². The number of thioether (sulfide) groups is 1. The fourth-order valence-corrected chi connectivity index (χ4v) is 3.87. The fraction of sp³-hybridized carbons (Fsp3) is 0.238. The maximum atomic E-state index is 12.9. The average molecular weight is 454 g/mol. The zero-order valence-electron chi connectivity index (χ0n) is 16.1. The predicted molar refractivity (Wildman–Crippen MR) is 112 cm³/mol. The van der Waals surface area contributed by atoms with Crippen LogP contribution in [0.3, 0.4) is 0 Å². The summed E-state index contributed by atoms with van der Waals surface area (Å²) in [6.45, 7) is 6.04. The molecule has 1 unspecified atom stereocenters. The molecule has 0 spiro atoms. The summed E-state index contributed by atoms with van der Waals surface area (Å²) in [7, 11) is 0. The molecule has 0 radical (unpaired) electrons. The number of benzene rings is 2. The van der Waals surface area contributed by atoms with E-state index in [9.17, 15) is 13.2 Å². The van der Waals surface area contributed by atoms with Crippen LogP contribution in [0.1, 0.15) is 30.0 Å². The second-order valence-electron chi connectivity index (χ2n) is 6.44.